The van der Waals surface area contributed by atoms with Gasteiger partial charge in [0.2, 0.25) is 0 Å². The monoisotopic (exact) mass is 171 g/mol. The average Bonchev–Trinajstić information content (AvgIpc) is 1.72. The van der Waals surface area contributed by atoms with E-state index in [-0.39, 0.29) is 12.4 Å². The Labute approximate surface area is 52.1 Å². The van der Waals surface area contributed by atoms with Crippen molar-refractivity contribution in [1.82, 2.24) is 13.5 Å². The first-order chi connectivity index (χ1) is 3.00. The molecule has 1 heterocycles. The van der Waals surface area contributed by atoms with Gasteiger partial charge in [-0.3, -0.25) is 0 Å². The second-order valence-electron chi connectivity index (χ2n) is 0.537. The zero-order valence-electron chi connectivity index (χ0n) is 3.09. The highest BCUT2D eigenvalue weighted by atomic mass is 35.5. The fraction of sp³-hybridized carbons (Fsp3) is 0. The molecule has 0 saturated carbocycles. The van der Waals surface area contributed by atoms with E-state index < -0.39 is 0 Å². The Morgan fingerprint density at radius 2 is 1.00 bits per heavy atom. The number of hydrogen-bond donors (Lipinski definition) is 0. The first kappa shape index (κ1) is 7.59. The van der Waals surface area contributed by atoms with Gasteiger partial charge in [0, 0.05) is 0 Å². The highest BCUT2D eigenvalue weighted by Crippen LogP contribution is 2.01. The SMILES string of the molecule is Cl.n1pnpnp1. The molecule has 0 fully saturated rings. The lowest BCUT2D eigenvalue weighted by molar-refractivity contribution is 1.69. The Morgan fingerprint density at radius 1 is 0.714 bits per heavy atom. The van der Waals surface area contributed by atoms with Crippen LogP contribution < -0.4 is 0 Å². The van der Waals surface area contributed by atoms with E-state index in [1.807, 2.05) is 0 Å². The highest BCUT2D eigenvalue weighted by molar-refractivity contribution is 7.43. The smallest absolute Gasteiger partial charge is 0.166 e. The summed E-state index contributed by atoms with van der Waals surface area (Å²) in [6, 6.07) is 0. The molecular weight excluding hydrogens is 170 g/mol. The Balaban J connectivity index is 0.000000360. The van der Waals surface area contributed by atoms with Gasteiger partial charge >= 0.3 is 0 Å². The highest BCUT2D eigenvalue weighted by Gasteiger charge is 1.64. The number of rotatable bonds is 0. The van der Waals surface area contributed by atoms with E-state index in [0.717, 1.165) is 25.5 Å². The summed E-state index contributed by atoms with van der Waals surface area (Å²) in [7, 11) is 2.49. The number of hydrogen-bond acceptors (Lipinski definition) is 3. The fourth-order valence-corrected chi connectivity index (χ4v) is 1.93. The molecule has 7 heteroatoms. The van der Waals surface area contributed by atoms with Crippen LogP contribution >= 0.6 is 37.9 Å². The third-order valence-electron chi connectivity index (χ3n) is 0.240. The van der Waals surface area contributed by atoms with Crippen molar-refractivity contribution < 1.29 is 0 Å². The lowest BCUT2D eigenvalue weighted by Gasteiger charge is -1.64. The van der Waals surface area contributed by atoms with Gasteiger partial charge in [-0.2, -0.15) is 13.5 Å². The van der Waals surface area contributed by atoms with Gasteiger partial charge < -0.3 is 0 Å². The second-order valence-corrected chi connectivity index (χ2v) is 3.22. The molecule has 0 unspecified atom stereocenters. The van der Waals surface area contributed by atoms with E-state index in [1.165, 1.54) is 0 Å². The van der Waals surface area contributed by atoms with Crippen molar-refractivity contribution in [3.8, 4) is 0 Å². The van der Waals surface area contributed by atoms with Crippen molar-refractivity contribution in [2.75, 3.05) is 0 Å². The Kier molecular flexibility index (Phi) is 5.14. The zero-order valence-corrected chi connectivity index (χ0v) is 6.59. The van der Waals surface area contributed by atoms with E-state index in [0.29, 0.717) is 0 Å². The maximum absolute atomic E-state index is 3.78. The van der Waals surface area contributed by atoms with Crippen LogP contribution in [0.2, 0.25) is 0 Å². The minimum Gasteiger partial charge on any atom is -0.166 e. The summed E-state index contributed by atoms with van der Waals surface area (Å²) >= 11 is 0. The number of aromatic nitrogens is 3. The molecule has 0 aliphatic carbocycles. The molecule has 0 radical (unpaired) electrons. The van der Waals surface area contributed by atoms with Gasteiger partial charge in [0.1, 0.15) is 0 Å². The first-order valence-corrected chi connectivity index (χ1v) is 3.60. The predicted molar refractivity (Wildman–Crippen MR) is 34.6 cm³/mol. The number of nitrogens with zero attached hydrogens (tertiary/aromatic N) is 3. The maximum atomic E-state index is 3.78. The molecule has 0 atom stereocenters. The molecule has 0 spiro atoms. The summed E-state index contributed by atoms with van der Waals surface area (Å²) in [4.78, 5) is 0. The van der Waals surface area contributed by atoms with Crippen molar-refractivity contribution >= 4 is 37.9 Å². The van der Waals surface area contributed by atoms with Crippen LogP contribution in [0.4, 0.5) is 0 Å². The lowest BCUT2D eigenvalue weighted by atomic mass is 13.9. The molecule has 0 N–H and O–H groups in total. The van der Waals surface area contributed by atoms with E-state index in [9.17, 15) is 0 Å². The van der Waals surface area contributed by atoms with Crippen LogP contribution in [0.5, 0.6) is 0 Å². The van der Waals surface area contributed by atoms with E-state index >= 15 is 0 Å². The van der Waals surface area contributed by atoms with Crippen LogP contribution in [0.25, 0.3) is 0 Å². The van der Waals surface area contributed by atoms with E-state index in [1.54, 1.807) is 0 Å². The molecule has 38 valence electrons. The second kappa shape index (κ2) is 4.74. The molecule has 7 heavy (non-hydrogen) atoms. The van der Waals surface area contributed by atoms with Crippen LogP contribution in [0, 0.1) is 0 Å². The van der Waals surface area contributed by atoms with Gasteiger partial charge in [-0.1, -0.05) is 0 Å². The summed E-state index contributed by atoms with van der Waals surface area (Å²) < 4.78 is 11.3. The number of halogens is 1. The predicted octanol–water partition coefficient (Wildman–Crippen LogP) is 2.03. The summed E-state index contributed by atoms with van der Waals surface area (Å²) in [6.45, 7) is 0. The molecule has 0 aromatic carbocycles. The third kappa shape index (κ3) is 3.20. The molecule has 0 aliphatic rings. The molecule has 0 aliphatic heterocycles. The normalized spacial score (nSPS) is 10.3. The van der Waals surface area contributed by atoms with Gasteiger partial charge in [-0.25, -0.2) is 0 Å². The minimum atomic E-state index is 0. The summed E-state index contributed by atoms with van der Waals surface area (Å²) in [5, 5.41) is 0. The van der Waals surface area contributed by atoms with E-state index in [4.69, 9.17) is 0 Å². The van der Waals surface area contributed by atoms with Gasteiger partial charge in [-0.15, -0.1) is 12.4 Å². The molecule has 0 bridgehead atoms. The maximum Gasteiger partial charge on any atom is 0.166 e. The van der Waals surface area contributed by atoms with Gasteiger partial charge in [0.15, 0.2) is 25.5 Å². The van der Waals surface area contributed by atoms with Crippen LogP contribution in [0.1, 0.15) is 0 Å². The fourth-order valence-electron chi connectivity index (χ4n) is 0.107. The van der Waals surface area contributed by atoms with Gasteiger partial charge in [0.05, 0.1) is 0 Å². The summed E-state index contributed by atoms with van der Waals surface area (Å²) in [6.07, 6.45) is 0. The van der Waals surface area contributed by atoms with E-state index in [2.05, 4.69) is 13.5 Å². The Bertz CT molecular complexity index is 82.1. The van der Waals surface area contributed by atoms with Crippen LogP contribution in [0.3, 0.4) is 0 Å². The zero-order chi connectivity index (χ0) is 4.24. The Morgan fingerprint density at radius 3 is 1.14 bits per heavy atom. The largest absolute Gasteiger partial charge is 0.166 e. The van der Waals surface area contributed by atoms with Crippen LogP contribution in [0.15, 0.2) is 0 Å². The summed E-state index contributed by atoms with van der Waals surface area (Å²) in [5.74, 6) is 0. The molecule has 0 amide bonds. The molecular formula is HClN3P3. The van der Waals surface area contributed by atoms with Gasteiger partial charge in [-0.05, 0) is 0 Å². The van der Waals surface area contributed by atoms with Crippen LogP contribution in [-0.4, -0.2) is 13.5 Å². The standard InChI is InChI=1S/ClH.N3P3/c;1-4-2-6-3-5-1/h1H;. The third-order valence-corrected chi connectivity index (χ3v) is 2.16. The topological polar surface area (TPSA) is 38.7 Å². The molecule has 0 saturated heterocycles. The molecule has 3 nitrogen and oxygen atoms in total. The molecule has 1 aromatic rings. The quantitative estimate of drug-likeness (QED) is 0.599. The van der Waals surface area contributed by atoms with Crippen molar-refractivity contribution in [1.29, 1.82) is 0 Å². The lowest BCUT2D eigenvalue weighted by Crippen LogP contribution is -1.47. The van der Waals surface area contributed by atoms with Crippen molar-refractivity contribution in [2.45, 2.75) is 0 Å². The van der Waals surface area contributed by atoms with Crippen LogP contribution in [-0.2, 0) is 0 Å². The summed E-state index contributed by atoms with van der Waals surface area (Å²) in [5.41, 5.74) is 0. The minimum absolute atomic E-state index is 0. The van der Waals surface area contributed by atoms with Crippen molar-refractivity contribution in [2.24, 2.45) is 0 Å². The molecule has 1 aromatic heterocycles. The Hall–Kier alpha value is 0.590. The van der Waals surface area contributed by atoms with Crippen molar-refractivity contribution in [3.63, 3.8) is 0 Å². The van der Waals surface area contributed by atoms with Crippen molar-refractivity contribution in [3.05, 3.63) is 0 Å². The molecule has 1 rings (SSSR count). The first-order valence-electron chi connectivity index (χ1n) is 1.20. The van der Waals surface area contributed by atoms with Gasteiger partial charge in [0.25, 0.3) is 0 Å². The average molecular weight is 171 g/mol.